The molecule has 0 spiro atoms. The lowest BCUT2D eigenvalue weighted by molar-refractivity contribution is -0.121. The molecule has 0 aliphatic heterocycles. The molecule has 8 heteroatoms. The molecular formula is C8H8ClN5O2. The maximum absolute atomic E-state index is 11.5. The molecule has 1 aromatic heterocycles. The van der Waals surface area contributed by atoms with Crippen molar-refractivity contribution >= 4 is 23.2 Å². The topological polar surface area (TPSA) is 114 Å². The number of carbonyl (C=O) groups excluding carboxylic acids is 1. The van der Waals surface area contributed by atoms with Gasteiger partial charge in [0, 0.05) is 0 Å². The van der Waals surface area contributed by atoms with Crippen molar-refractivity contribution in [2.24, 2.45) is 0 Å². The average molecular weight is 242 g/mol. The third-order valence-electron chi connectivity index (χ3n) is 1.70. The maximum Gasteiger partial charge on any atom is 0.278 e. The number of nitrogens with one attached hydrogen (secondary N) is 1. The van der Waals surface area contributed by atoms with Crippen molar-refractivity contribution in [3.63, 3.8) is 0 Å². The van der Waals surface area contributed by atoms with E-state index in [1.54, 1.807) is 6.07 Å². The number of rotatable bonds is 3. The molecule has 0 saturated carbocycles. The molecule has 0 radical (unpaired) electrons. The highest BCUT2D eigenvalue weighted by Gasteiger charge is 2.08. The van der Waals surface area contributed by atoms with E-state index in [2.05, 4.69) is 10.3 Å². The van der Waals surface area contributed by atoms with Crippen LogP contribution in [-0.2, 0) is 11.3 Å². The van der Waals surface area contributed by atoms with E-state index in [0.29, 0.717) is 0 Å². The number of aromatic nitrogens is 2. The van der Waals surface area contributed by atoms with Crippen LogP contribution >= 0.6 is 11.6 Å². The Morgan fingerprint density at radius 1 is 1.75 bits per heavy atom. The first kappa shape index (κ1) is 12.0. The fraction of sp³-hybridized carbons (Fsp3) is 0.250. The van der Waals surface area contributed by atoms with Crippen molar-refractivity contribution in [1.29, 1.82) is 5.26 Å². The van der Waals surface area contributed by atoms with Crippen molar-refractivity contribution in [3.05, 3.63) is 21.8 Å². The number of anilines is 1. The molecule has 0 aromatic carbocycles. The molecule has 0 fully saturated rings. The first-order chi connectivity index (χ1) is 7.56. The molecule has 1 rings (SSSR count). The highest BCUT2D eigenvalue weighted by atomic mass is 35.5. The van der Waals surface area contributed by atoms with Gasteiger partial charge in [-0.2, -0.15) is 5.26 Å². The number of nitriles is 1. The summed E-state index contributed by atoms with van der Waals surface area (Å²) in [4.78, 5) is 26.3. The Balaban J connectivity index is 2.84. The van der Waals surface area contributed by atoms with E-state index in [4.69, 9.17) is 22.6 Å². The quantitative estimate of drug-likeness (QED) is 0.527. The van der Waals surface area contributed by atoms with Crippen LogP contribution in [0.4, 0.5) is 5.69 Å². The molecule has 3 N–H and O–H groups in total. The number of nitrogens with zero attached hydrogens (tertiary/aromatic N) is 3. The zero-order chi connectivity index (χ0) is 12.1. The minimum absolute atomic E-state index is 0.0984. The first-order valence-corrected chi connectivity index (χ1v) is 4.58. The van der Waals surface area contributed by atoms with Gasteiger partial charge in [0.1, 0.15) is 18.8 Å². The van der Waals surface area contributed by atoms with Crippen molar-refractivity contribution in [2.75, 3.05) is 12.3 Å². The summed E-state index contributed by atoms with van der Waals surface area (Å²) in [5.74, 6) is -0.479. The predicted molar refractivity (Wildman–Crippen MR) is 56.5 cm³/mol. The molecule has 16 heavy (non-hydrogen) atoms. The van der Waals surface area contributed by atoms with Gasteiger partial charge in [0.25, 0.3) is 5.56 Å². The Bertz CT molecular complexity index is 504. The smallest absolute Gasteiger partial charge is 0.278 e. The lowest BCUT2D eigenvalue weighted by Crippen LogP contribution is -2.33. The van der Waals surface area contributed by atoms with Crippen LogP contribution in [0.1, 0.15) is 0 Å². The summed E-state index contributed by atoms with van der Waals surface area (Å²) < 4.78 is 1.01. The van der Waals surface area contributed by atoms with E-state index in [0.717, 1.165) is 10.9 Å². The molecule has 7 nitrogen and oxygen atoms in total. The van der Waals surface area contributed by atoms with Gasteiger partial charge in [0.05, 0.1) is 12.4 Å². The van der Waals surface area contributed by atoms with Crippen LogP contribution in [0.25, 0.3) is 0 Å². The molecule has 0 bridgehead atoms. The molecule has 0 atom stereocenters. The zero-order valence-electron chi connectivity index (χ0n) is 8.11. The zero-order valence-corrected chi connectivity index (χ0v) is 8.86. The van der Waals surface area contributed by atoms with Crippen LogP contribution in [0.3, 0.4) is 0 Å². The molecule has 1 heterocycles. The van der Waals surface area contributed by atoms with Crippen LogP contribution in [0.2, 0.25) is 5.15 Å². The van der Waals surface area contributed by atoms with Gasteiger partial charge in [-0.1, -0.05) is 11.6 Å². The number of carbonyl (C=O) groups is 1. The molecule has 0 saturated heterocycles. The Morgan fingerprint density at radius 2 is 2.44 bits per heavy atom. The molecule has 0 aliphatic carbocycles. The van der Waals surface area contributed by atoms with Gasteiger partial charge in [0.15, 0.2) is 5.15 Å². The van der Waals surface area contributed by atoms with Gasteiger partial charge in [-0.15, -0.1) is 0 Å². The Kier molecular flexibility index (Phi) is 3.85. The largest absolute Gasteiger partial charge is 0.392 e. The van der Waals surface area contributed by atoms with Crippen molar-refractivity contribution in [2.45, 2.75) is 6.54 Å². The average Bonchev–Trinajstić information content (AvgIpc) is 2.27. The molecule has 0 aliphatic rings. The van der Waals surface area contributed by atoms with Crippen LogP contribution in [0.15, 0.2) is 11.1 Å². The van der Waals surface area contributed by atoms with E-state index in [1.165, 1.54) is 0 Å². The number of hydrogen-bond donors (Lipinski definition) is 2. The van der Waals surface area contributed by atoms with Crippen LogP contribution in [0, 0.1) is 11.3 Å². The van der Waals surface area contributed by atoms with Crippen molar-refractivity contribution in [3.8, 4) is 6.07 Å². The number of amides is 1. The van der Waals surface area contributed by atoms with Crippen LogP contribution < -0.4 is 16.6 Å². The second-order valence-corrected chi connectivity index (χ2v) is 3.17. The van der Waals surface area contributed by atoms with Gasteiger partial charge in [-0.05, 0) is 0 Å². The molecule has 0 unspecified atom stereocenters. The Hall–Kier alpha value is -2.07. The Morgan fingerprint density at radius 3 is 3.06 bits per heavy atom. The first-order valence-electron chi connectivity index (χ1n) is 4.20. The minimum atomic E-state index is -0.591. The minimum Gasteiger partial charge on any atom is -0.392 e. The Labute approximate surface area is 95.4 Å². The number of halogens is 1. The highest BCUT2D eigenvalue weighted by Crippen LogP contribution is 2.07. The van der Waals surface area contributed by atoms with Crippen molar-refractivity contribution in [1.82, 2.24) is 14.9 Å². The summed E-state index contributed by atoms with van der Waals surface area (Å²) >= 11 is 5.51. The number of nitrogens with two attached hydrogens (primary N) is 1. The van der Waals surface area contributed by atoms with E-state index in [-0.39, 0.29) is 23.9 Å². The summed E-state index contributed by atoms with van der Waals surface area (Å²) in [6.07, 6.45) is 1.12. The number of hydrogen-bond acceptors (Lipinski definition) is 5. The summed E-state index contributed by atoms with van der Waals surface area (Å²) in [6, 6.07) is 1.74. The second kappa shape index (κ2) is 5.14. The van der Waals surface area contributed by atoms with Gasteiger partial charge in [0.2, 0.25) is 5.91 Å². The van der Waals surface area contributed by atoms with Crippen LogP contribution in [-0.4, -0.2) is 22.0 Å². The summed E-state index contributed by atoms with van der Waals surface area (Å²) in [5.41, 5.74) is 4.55. The monoisotopic (exact) mass is 241 g/mol. The fourth-order valence-corrected chi connectivity index (χ4v) is 1.07. The third-order valence-corrected chi connectivity index (χ3v) is 2.00. The van der Waals surface area contributed by atoms with Gasteiger partial charge in [-0.3, -0.25) is 14.2 Å². The normalized spacial score (nSPS) is 9.50. The predicted octanol–water partition coefficient (Wildman–Crippen LogP) is -0.881. The van der Waals surface area contributed by atoms with Gasteiger partial charge in [-0.25, -0.2) is 4.98 Å². The van der Waals surface area contributed by atoms with Gasteiger partial charge < -0.3 is 11.1 Å². The standard InChI is InChI=1S/C8H8ClN5O2/c9-7-6(11)8(16)14(4-13-7)3-5(15)12-2-1-10/h4H,2-3,11H2,(H,12,15). The maximum atomic E-state index is 11.5. The molecule has 1 amide bonds. The summed E-state index contributed by atoms with van der Waals surface area (Å²) in [6.45, 7) is -0.376. The van der Waals surface area contributed by atoms with E-state index < -0.39 is 11.5 Å². The molecule has 84 valence electrons. The summed E-state index contributed by atoms with van der Waals surface area (Å²) in [7, 11) is 0. The highest BCUT2D eigenvalue weighted by molar-refractivity contribution is 6.31. The fourth-order valence-electron chi connectivity index (χ4n) is 0.947. The molecular weight excluding hydrogens is 234 g/mol. The third kappa shape index (κ3) is 2.71. The molecule has 1 aromatic rings. The van der Waals surface area contributed by atoms with E-state index in [9.17, 15) is 9.59 Å². The van der Waals surface area contributed by atoms with Crippen molar-refractivity contribution < 1.29 is 4.79 Å². The lowest BCUT2D eigenvalue weighted by Gasteiger charge is -2.05. The summed E-state index contributed by atoms with van der Waals surface area (Å²) in [5, 5.41) is 10.4. The van der Waals surface area contributed by atoms with Gasteiger partial charge >= 0.3 is 0 Å². The van der Waals surface area contributed by atoms with E-state index >= 15 is 0 Å². The number of nitrogen functional groups attached to an aromatic ring is 1. The SMILES string of the molecule is N#CCNC(=O)Cn1cnc(Cl)c(N)c1=O. The van der Waals surface area contributed by atoms with E-state index in [1.807, 2.05) is 0 Å². The lowest BCUT2D eigenvalue weighted by atomic mass is 10.5. The second-order valence-electron chi connectivity index (χ2n) is 2.82. The van der Waals surface area contributed by atoms with Crippen LogP contribution in [0.5, 0.6) is 0 Å².